The van der Waals surface area contributed by atoms with Gasteiger partial charge < -0.3 is 0 Å². The first-order valence-corrected chi connectivity index (χ1v) is 10.2. The average molecular weight is 394 g/mol. The van der Waals surface area contributed by atoms with Gasteiger partial charge in [0.15, 0.2) is 0 Å². The van der Waals surface area contributed by atoms with Crippen LogP contribution in [0.1, 0.15) is 0 Å². The quantitative estimate of drug-likeness (QED) is 0.581. The van der Waals surface area contributed by atoms with Crippen molar-refractivity contribution >= 4 is 57.7 Å². The Morgan fingerprint density at radius 1 is 0.526 bits per heavy atom. The van der Waals surface area contributed by atoms with Gasteiger partial charge in [-0.15, -0.1) is 0 Å². The zero-order chi connectivity index (χ0) is 12.9. The van der Waals surface area contributed by atoms with Gasteiger partial charge in [-0.1, -0.05) is 0 Å². The van der Waals surface area contributed by atoms with E-state index in [1.54, 1.807) is 0 Å². The van der Waals surface area contributed by atoms with E-state index in [1.807, 2.05) is 11.3 Å². The molecule has 0 aliphatic carbocycles. The Labute approximate surface area is 130 Å². The van der Waals surface area contributed by atoms with Crippen molar-refractivity contribution in [2.75, 3.05) is 0 Å². The van der Waals surface area contributed by atoms with Crippen molar-refractivity contribution in [3.05, 3.63) is 72.8 Å². The topological polar surface area (TPSA) is 0 Å². The molecule has 3 heteroatoms. The van der Waals surface area contributed by atoms with Gasteiger partial charge in [-0.05, 0) is 0 Å². The summed E-state index contributed by atoms with van der Waals surface area (Å²) in [5.74, 6) is 0. The van der Waals surface area contributed by atoms with Crippen LogP contribution in [-0.4, -0.2) is 29.9 Å². The van der Waals surface area contributed by atoms with E-state index in [9.17, 15) is 0 Å². The van der Waals surface area contributed by atoms with Crippen LogP contribution >= 0.6 is 11.3 Å². The molecule has 1 aromatic heterocycles. The minimum atomic E-state index is 0.455. The van der Waals surface area contributed by atoms with Crippen LogP contribution in [0.4, 0.5) is 0 Å². The molecule has 0 radical (unpaired) electrons. The molecule has 0 spiro atoms. The molecule has 0 unspecified atom stereocenters. The standard InChI is InChI=1S/C16H12SSe2/c1-3-7-13(8-4-1)18-15-11-12-16(17-15)19-14-9-5-2-6-10-14/h1-12H. The van der Waals surface area contributed by atoms with E-state index in [1.165, 1.54) is 16.5 Å². The molecule has 3 rings (SSSR count). The Morgan fingerprint density at radius 3 is 1.37 bits per heavy atom. The molecule has 0 saturated heterocycles. The fraction of sp³-hybridized carbons (Fsp3) is 0. The summed E-state index contributed by atoms with van der Waals surface area (Å²) in [6, 6.07) is 26.2. The summed E-state index contributed by atoms with van der Waals surface area (Å²) in [7, 11) is 0. The first kappa shape index (κ1) is 13.2. The molecular weight excluding hydrogens is 382 g/mol. The first-order valence-electron chi connectivity index (χ1n) is 5.96. The fourth-order valence-corrected chi connectivity index (χ4v) is 8.41. The number of hydrogen-bond acceptors (Lipinski definition) is 1. The summed E-state index contributed by atoms with van der Waals surface area (Å²) in [4.78, 5) is 0. The second-order valence-corrected chi connectivity index (χ2v) is 10.8. The first-order chi connectivity index (χ1) is 9.40. The molecule has 0 fully saturated rings. The molecule has 0 aliphatic heterocycles. The van der Waals surface area contributed by atoms with Gasteiger partial charge in [-0.25, -0.2) is 0 Å². The van der Waals surface area contributed by atoms with Crippen LogP contribution in [0.25, 0.3) is 0 Å². The summed E-state index contributed by atoms with van der Waals surface area (Å²) in [6.07, 6.45) is 0. The molecule has 0 saturated carbocycles. The number of thiophene rings is 1. The third kappa shape index (κ3) is 3.82. The predicted molar refractivity (Wildman–Crippen MR) is 87.2 cm³/mol. The molecule has 0 N–H and O–H groups in total. The van der Waals surface area contributed by atoms with E-state index < -0.39 is 0 Å². The van der Waals surface area contributed by atoms with E-state index in [4.69, 9.17) is 0 Å². The van der Waals surface area contributed by atoms with Crippen molar-refractivity contribution in [1.29, 1.82) is 0 Å². The third-order valence-corrected chi connectivity index (χ3v) is 8.62. The summed E-state index contributed by atoms with van der Waals surface area (Å²) >= 11 is 2.89. The van der Waals surface area contributed by atoms with Crippen molar-refractivity contribution < 1.29 is 0 Å². The molecule has 0 aliphatic rings. The third-order valence-electron chi connectivity index (χ3n) is 2.48. The van der Waals surface area contributed by atoms with E-state index in [0.29, 0.717) is 29.9 Å². The van der Waals surface area contributed by atoms with E-state index in [-0.39, 0.29) is 0 Å². The van der Waals surface area contributed by atoms with Gasteiger partial charge in [0.25, 0.3) is 0 Å². The molecule has 2 aromatic carbocycles. The zero-order valence-corrected chi connectivity index (χ0v) is 14.4. The second kappa shape index (κ2) is 6.56. The Morgan fingerprint density at radius 2 is 0.947 bits per heavy atom. The average Bonchev–Trinajstić information content (AvgIpc) is 2.88. The molecule has 1 heterocycles. The van der Waals surface area contributed by atoms with Crippen LogP contribution in [0.2, 0.25) is 0 Å². The van der Waals surface area contributed by atoms with E-state index in [0.717, 1.165) is 0 Å². The van der Waals surface area contributed by atoms with Crippen molar-refractivity contribution in [1.82, 2.24) is 0 Å². The van der Waals surface area contributed by atoms with Gasteiger partial charge in [-0.2, -0.15) is 0 Å². The van der Waals surface area contributed by atoms with Crippen LogP contribution in [0.3, 0.4) is 0 Å². The van der Waals surface area contributed by atoms with Gasteiger partial charge in [-0.3, -0.25) is 0 Å². The van der Waals surface area contributed by atoms with Gasteiger partial charge in [0.05, 0.1) is 0 Å². The van der Waals surface area contributed by atoms with Gasteiger partial charge in [0.2, 0.25) is 0 Å². The molecule has 0 nitrogen and oxygen atoms in total. The zero-order valence-electron chi connectivity index (χ0n) is 10.2. The molecule has 3 aromatic rings. The number of hydrogen-bond donors (Lipinski definition) is 0. The Hall–Kier alpha value is -0.821. The number of rotatable bonds is 4. The van der Waals surface area contributed by atoms with Crippen molar-refractivity contribution in [3.63, 3.8) is 0 Å². The normalized spacial score (nSPS) is 10.5. The SMILES string of the molecule is c1ccc([Se]c2ccc([Se]c3ccccc3)s2)cc1. The van der Waals surface area contributed by atoms with Crippen LogP contribution in [0, 0.1) is 0 Å². The summed E-state index contributed by atoms with van der Waals surface area (Å²) in [5, 5.41) is 0. The molecule has 0 bridgehead atoms. The number of benzene rings is 2. The molecule has 19 heavy (non-hydrogen) atoms. The maximum atomic E-state index is 2.30. The van der Waals surface area contributed by atoms with E-state index in [2.05, 4.69) is 72.8 Å². The Kier molecular flexibility index (Phi) is 4.55. The summed E-state index contributed by atoms with van der Waals surface area (Å²) in [5.41, 5.74) is 0. The molecule has 0 amide bonds. The predicted octanol–water partition coefficient (Wildman–Crippen LogP) is 1.06. The molecule has 0 atom stereocenters. The Bertz CT molecular complexity index is 576. The Balaban J connectivity index is 1.70. The van der Waals surface area contributed by atoms with Crippen LogP contribution in [0.5, 0.6) is 0 Å². The van der Waals surface area contributed by atoms with Crippen molar-refractivity contribution in [3.8, 4) is 0 Å². The monoisotopic (exact) mass is 396 g/mol. The molecule has 94 valence electrons. The van der Waals surface area contributed by atoms with Crippen molar-refractivity contribution in [2.45, 2.75) is 0 Å². The minimum absolute atomic E-state index is 0.455. The van der Waals surface area contributed by atoms with Gasteiger partial charge in [0.1, 0.15) is 0 Å². The fourth-order valence-electron chi connectivity index (χ4n) is 1.62. The van der Waals surface area contributed by atoms with Crippen LogP contribution < -0.4 is 16.5 Å². The van der Waals surface area contributed by atoms with Gasteiger partial charge >= 0.3 is 131 Å². The van der Waals surface area contributed by atoms with E-state index >= 15 is 0 Å². The summed E-state index contributed by atoms with van der Waals surface area (Å²) < 4.78 is 5.95. The van der Waals surface area contributed by atoms with Crippen LogP contribution in [0.15, 0.2) is 72.8 Å². The molecular formula is C16H12SSe2. The van der Waals surface area contributed by atoms with Crippen molar-refractivity contribution in [2.24, 2.45) is 0 Å². The maximum absolute atomic E-state index is 2.30. The second-order valence-electron chi connectivity index (χ2n) is 3.90. The summed E-state index contributed by atoms with van der Waals surface area (Å²) in [6.45, 7) is 0. The van der Waals surface area contributed by atoms with Gasteiger partial charge in [0, 0.05) is 0 Å². The van der Waals surface area contributed by atoms with Crippen LogP contribution in [-0.2, 0) is 0 Å².